The molecule has 0 unspecified atom stereocenters. The number of nitrogens with one attached hydrogen (secondary N) is 1. The van der Waals surface area contributed by atoms with Gasteiger partial charge in [-0.3, -0.25) is 9.78 Å². The largest absolute Gasteiger partial charge is 0.418 e. The molecule has 8 nitrogen and oxygen atoms in total. The predicted molar refractivity (Wildman–Crippen MR) is 134 cm³/mol. The minimum atomic E-state index is -4.69. The Morgan fingerprint density at radius 2 is 1.55 bits per heavy atom. The number of likely N-dealkylation sites (N-methyl/N-ethyl adjacent to an activating group) is 1. The molecule has 4 aromatic rings. The quantitative estimate of drug-likeness (QED) is 0.341. The Labute approximate surface area is 223 Å². The lowest BCUT2D eigenvalue weighted by atomic mass is 10.1. The zero-order chi connectivity index (χ0) is 28.7. The Hall–Kier alpha value is -4.33. The first-order valence-electron chi connectivity index (χ1n) is 12.0. The Balaban J connectivity index is 1.60. The topological polar surface area (TPSA) is 87.1 Å². The molecule has 1 aliphatic heterocycles. The van der Waals surface area contributed by atoms with Gasteiger partial charge in [-0.1, -0.05) is 0 Å². The second-order valence-electron chi connectivity index (χ2n) is 9.16. The molecule has 1 saturated heterocycles. The van der Waals surface area contributed by atoms with Gasteiger partial charge >= 0.3 is 12.4 Å². The van der Waals surface area contributed by atoms with Gasteiger partial charge in [0, 0.05) is 38.1 Å². The van der Waals surface area contributed by atoms with Gasteiger partial charge in [0.2, 0.25) is 5.82 Å². The summed E-state index contributed by atoms with van der Waals surface area (Å²) in [5.41, 5.74) is -2.24. The lowest BCUT2D eigenvalue weighted by Crippen LogP contribution is -2.47. The molecule has 0 bridgehead atoms. The fourth-order valence-electron chi connectivity index (χ4n) is 4.20. The van der Waals surface area contributed by atoms with Crippen LogP contribution in [0.1, 0.15) is 21.7 Å². The molecular weight excluding hydrogens is 540 g/mol. The van der Waals surface area contributed by atoms with E-state index in [0.717, 1.165) is 24.3 Å². The van der Waals surface area contributed by atoms with Crippen LogP contribution < -0.4 is 5.32 Å². The van der Waals surface area contributed by atoms with Crippen molar-refractivity contribution in [1.82, 2.24) is 29.7 Å². The van der Waals surface area contributed by atoms with E-state index in [1.54, 1.807) is 4.90 Å². The fraction of sp³-hybridized carbons (Fsp3) is 0.269. The van der Waals surface area contributed by atoms with Gasteiger partial charge in [0.25, 0.3) is 5.91 Å². The third-order valence-electron chi connectivity index (χ3n) is 6.37. The summed E-state index contributed by atoms with van der Waals surface area (Å²) >= 11 is 0. The highest BCUT2D eigenvalue weighted by atomic mass is 19.4. The zero-order valence-corrected chi connectivity index (χ0v) is 20.9. The number of carbonyl (C=O) groups is 1. The van der Waals surface area contributed by atoms with E-state index in [2.05, 4.69) is 25.3 Å². The molecular formula is C26H21F6N7O. The third-order valence-corrected chi connectivity index (χ3v) is 6.37. The first kappa shape index (κ1) is 27.2. The summed E-state index contributed by atoms with van der Waals surface area (Å²) in [5.74, 6) is -0.710. The highest BCUT2D eigenvalue weighted by Gasteiger charge is 2.35. The predicted octanol–water partition coefficient (Wildman–Crippen LogP) is 5.26. The summed E-state index contributed by atoms with van der Waals surface area (Å²) in [6.07, 6.45) is -8.01. The van der Waals surface area contributed by atoms with E-state index in [1.165, 1.54) is 30.5 Å². The Morgan fingerprint density at radius 1 is 0.850 bits per heavy atom. The number of fused-ring (bicyclic) bond motifs is 1. The molecule has 208 valence electrons. The van der Waals surface area contributed by atoms with Crippen molar-refractivity contribution in [3.05, 3.63) is 71.7 Å². The maximum absolute atomic E-state index is 13.6. The number of pyridine rings is 2. The summed E-state index contributed by atoms with van der Waals surface area (Å²) in [5, 5.41) is 3.13. The van der Waals surface area contributed by atoms with E-state index < -0.39 is 35.1 Å². The number of halogens is 6. The Kier molecular flexibility index (Phi) is 7.04. The van der Waals surface area contributed by atoms with Gasteiger partial charge in [0.15, 0.2) is 5.65 Å². The molecule has 5 rings (SSSR count). The summed E-state index contributed by atoms with van der Waals surface area (Å²) in [7, 11) is 1.92. The zero-order valence-electron chi connectivity index (χ0n) is 20.9. The molecule has 14 heteroatoms. The maximum Gasteiger partial charge on any atom is 0.418 e. The number of hydrogen-bond donors (Lipinski definition) is 1. The van der Waals surface area contributed by atoms with E-state index in [0.29, 0.717) is 26.2 Å². The minimum Gasteiger partial charge on any atom is -0.340 e. The highest BCUT2D eigenvalue weighted by Crippen LogP contribution is 2.36. The molecule has 1 fully saturated rings. The number of carbonyl (C=O) groups excluding carboxylic acids is 1. The minimum absolute atomic E-state index is 0.0540. The number of hydrogen-bond acceptors (Lipinski definition) is 7. The summed E-state index contributed by atoms with van der Waals surface area (Å²) in [6, 6.07) is 8.94. The smallest absolute Gasteiger partial charge is 0.340 e. The second kappa shape index (κ2) is 10.3. The molecule has 4 heterocycles. The molecule has 1 aliphatic rings. The first-order chi connectivity index (χ1) is 18.9. The standard InChI is InChI=1S/C26H21F6N7O/c1-38-11-13-39(14-12-38)24(40)23-36-21(34-16-6-4-15(5-7-16)25(27,28)29)17-8-9-19(35-22(17)37-23)20-18(26(30,31)32)3-2-10-33-20/h2-10H,11-14H2,1H3,(H,34,35,36,37). The lowest BCUT2D eigenvalue weighted by molar-refractivity contribution is -0.138. The van der Waals surface area contributed by atoms with E-state index in [9.17, 15) is 31.1 Å². The van der Waals surface area contributed by atoms with E-state index in [4.69, 9.17) is 0 Å². The van der Waals surface area contributed by atoms with Gasteiger partial charge < -0.3 is 15.1 Å². The molecule has 1 aromatic carbocycles. The molecule has 0 spiro atoms. The number of aromatic nitrogens is 4. The van der Waals surface area contributed by atoms with Crippen molar-refractivity contribution in [2.45, 2.75) is 12.4 Å². The molecule has 0 radical (unpaired) electrons. The van der Waals surface area contributed by atoms with Crippen LogP contribution in [0.25, 0.3) is 22.4 Å². The number of alkyl halides is 6. The van der Waals surface area contributed by atoms with E-state index >= 15 is 0 Å². The van der Waals surface area contributed by atoms with Crippen LogP contribution >= 0.6 is 0 Å². The summed E-state index contributed by atoms with van der Waals surface area (Å²) in [4.78, 5) is 33.6. The SMILES string of the molecule is CN1CCN(C(=O)c2nc(Nc3ccc(C(F)(F)F)cc3)c3ccc(-c4ncccc4C(F)(F)F)nc3n2)CC1. The van der Waals surface area contributed by atoms with E-state index in [1.807, 2.05) is 11.9 Å². The van der Waals surface area contributed by atoms with Gasteiger partial charge in [-0.25, -0.2) is 15.0 Å². The average Bonchev–Trinajstić information content (AvgIpc) is 2.92. The fourth-order valence-corrected chi connectivity index (χ4v) is 4.20. The summed E-state index contributed by atoms with van der Waals surface area (Å²) < 4.78 is 79.9. The number of rotatable bonds is 4. The van der Waals surface area contributed by atoms with Gasteiger partial charge in [-0.2, -0.15) is 26.3 Å². The average molecular weight is 561 g/mol. The number of anilines is 2. The number of benzene rings is 1. The summed E-state index contributed by atoms with van der Waals surface area (Å²) in [6.45, 7) is 2.07. The molecule has 40 heavy (non-hydrogen) atoms. The van der Waals surface area contributed by atoms with Gasteiger partial charge in [0.1, 0.15) is 11.5 Å². The molecule has 0 atom stereocenters. The van der Waals surface area contributed by atoms with Crippen molar-refractivity contribution < 1.29 is 31.1 Å². The molecule has 0 saturated carbocycles. The monoisotopic (exact) mass is 561 g/mol. The van der Waals surface area contributed by atoms with Crippen LogP contribution in [0.5, 0.6) is 0 Å². The Morgan fingerprint density at radius 3 is 2.20 bits per heavy atom. The van der Waals surface area contributed by atoms with Crippen molar-refractivity contribution in [3.63, 3.8) is 0 Å². The van der Waals surface area contributed by atoms with Crippen LogP contribution in [-0.2, 0) is 12.4 Å². The van der Waals surface area contributed by atoms with Crippen molar-refractivity contribution in [2.24, 2.45) is 0 Å². The van der Waals surface area contributed by atoms with Crippen LogP contribution in [-0.4, -0.2) is 68.9 Å². The molecule has 0 aliphatic carbocycles. The third kappa shape index (κ3) is 5.66. The van der Waals surface area contributed by atoms with Crippen molar-refractivity contribution in [1.29, 1.82) is 0 Å². The maximum atomic E-state index is 13.6. The highest BCUT2D eigenvalue weighted by molar-refractivity contribution is 5.96. The molecule has 1 N–H and O–H groups in total. The molecule has 3 aromatic heterocycles. The number of piperazine rings is 1. The van der Waals surface area contributed by atoms with Crippen LogP contribution in [0, 0.1) is 0 Å². The normalized spacial score (nSPS) is 14.9. The van der Waals surface area contributed by atoms with Crippen molar-refractivity contribution in [2.75, 3.05) is 38.5 Å². The van der Waals surface area contributed by atoms with Crippen molar-refractivity contribution >= 4 is 28.4 Å². The van der Waals surface area contributed by atoms with Crippen molar-refractivity contribution in [3.8, 4) is 11.4 Å². The second-order valence-corrected chi connectivity index (χ2v) is 9.16. The lowest BCUT2D eigenvalue weighted by Gasteiger charge is -2.31. The van der Waals surface area contributed by atoms with Gasteiger partial charge in [-0.15, -0.1) is 0 Å². The first-order valence-corrected chi connectivity index (χ1v) is 12.0. The number of nitrogens with zero attached hydrogens (tertiary/aromatic N) is 6. The molecule has 1 amide bonds. The van der Waals surface area contributed by atoms with Crippen LogP contribution in [0.2, 0.25) is 0 Å². The van der Waals surface area contributed by atoms with Gasteiger partial charge in [-0.05, 0) is 55.6 Å². The number of amides is 1. The van der Waals surface area contributed by atoms with Crippen LogP contribution in [0.4, 0.5) is 37.8 Å². The Bertz CT molecular complexity index is 1550. The van der Waals surface area contributed by atoms with Crippen LogP contribution in [0.15, 0.2) is 54.7 Å². The van der Waals surface area contributed by atoms with Crippen LogP contribution in [0.3, 0.4) is 0 Å². The van der Waals surface area contributed by atoms with Gasteiger partial charge in [0.05, 0.1) is 22.2 Å². The van der Waals surface area contributed by atoms with E-state index in [-0.39, 0.29) is 34.1 Å².